The third-order valence-corrected chi connectivity index (χ3v) is 2.75. The Bertz CT molecular complexity index is 622. The Balaban J connectivity index is 2.11. The van der Waals surface area contributed by atoms with Crippen LogP contribution in [-0.4, -0.2) is 26.2 Å². The molecule has 8 nitrogen and oxygen atoms in total. The highest BCUT2D eigenvalue weighted by atomic mass is 16.6. The Kier molecular flexibility index (Phi) is 3.92. The Labute approximate surface area is 115 Å². The molecule has 0 aliphatic carbocycles. The van der Waals surface area contributed by atoms with Crippen molar-refractivity contribution >= 4 is 11.9 Å². The van der Waals surface area contributed by atoms with Crippen molar-refractivity contribution in [3.8, 4) is 0 Å². The normalized spacial score (nSPS) is 10.8. The van der Waals surface area contributed by atoms with E-state index in [4.69, 9.17) is 5.73 Å². The average Bonchev–Trinajstić information content (AvgIpc) is 2.80. The molecule has 2 aromatic rings. The maximum atomic E-state index is 12.0. The Morgan fingerprint density at radius 3 is 2.75 bits per heavy atom. The van der Waals surface area contributed by atoms with Gasteiger partial charge >= 0.3 is 0 Å². The van der Waals surface area contributed by atoms with Crippen molar-refractivity contribution in [3.63, 3.8) is 0 Å². The van der Waals surface area contributed by atoms with Crippen LogP contribution < -0.4 is 11.1 Å². The molecule has 2 heterocycles. The molecule has 2 rings (SSSR count). The highest BCUT2D eigenvalue weighted by Crippen LogP contribution is 2.13. The molecular formula is C12H16N6O2. The number of aryl methyl sites for hydroxylation is 1. The van der Waals surface area contributed by atoms with Gasteiger partial charge in [-0.3, -0.25) is 4.79 Å². The summed E-state index contributed by atoms with van der Waals surface area (Å²) >= 11 is 0. The van der Waals surface area contributed by atoms with E-state index in [2.05, 4.69) is 30.2 Å². The summed E-state index contributed by atoms with van der Waals surface area (Å²) in [5.41, 5.74) is 7.77. The first-order chi connectivity index (χ1) is 9.47. The number of hydrogen-bond acceptors (Lipinski definition) is 7. The third kappa shape index (κ3) is 3.08. The van der Waals surface area contributed by atoms with Gasteiger partial charge in [-0.1, -0.05) is 24.2 Å². The van der Waals surface area contributed by atoms with Gasteiger partial charge in [0.15, 0.2) is 0 Å². The topological polar surface area (TPSA) is 120 Å². The molecular weight excluding hydrogens is 260 g/mol. The first-order valence-corrected chi connectivity index (χ1v) is 6.18. The van der Waals surface area contributed by atoms with E-state index >= 15 is 0 Å². The van der Waals surface area contributed by atoms with Crippen LogP contribution in [0.15, 0.2) is 10.7 Å². The van der Waals surface area contributed by atoms with Crippen molar-refractivity contribution < 1.29 is 9.42 Å². The smallest absolute Gasteiger partial charge is 0.270 e. The molecule has 0 unspecified atom stereocenters. The van der Waals surface area contributed by atoms with E-state index in [0.717, 1.165) is 5.69 Å². The van der Waals surface area contributed by atoms with Crippen LogP contribution in [0.3, 0.4) is 0 Å². The zero-order chi connectivity index (χ0) is 14.7. The molecule has 0 saturated heterocycles. The van der Waals surface area contributed by atoms with Crippen LogP contribution in [0, 0.1) is 6.92 Å². The first kappa shape index (κ1) is 13.9. The first-order valence-electron chi connectivity index (χ1n) is 6.18. The second kappa shape index (κ2) is 5.64. The van der Waals surface area contributed by atoms with Crippen LogP contribution in [0.1, 0.15) is 47.3 Å². The molecule has 0 fully saturated rings. The van der Waals surface area contributed by atoms with Gasteiger partial charge in [-0.05, 0) is 18.9 Å². The number of nitrogens with zero attached hydrogens (tertiary/aromatic N) is 4. The van der Waals surface area contributed by atoms with Gasteiger partial charge in [0.1, 0.15) is 17.1 Å². The summed E-state index contributed by atoms with van der Waals surface area (Å²) in [6.07, 6.45) is 0. The average molecular weight is 276 g/mol. The van der Waals surface area contributed by atoms with Crippen LogP contribution in [0.5, 0.6) is 0 Å². The number of carbonyl (C=O) groups is 1. The number of nitrogen functional groups attached to an aromatic ring is 1. The summed E-state index contributed by atoms with van der Waals surface area (Å²) < 4.78 is 4.56. The lowest BCUT2D eigenvalue weighted by atomic mass is 10.1. The lowest BCUT2D eigenvalue weighted by Gasteiger charge is -2.08. The van der Waals surface area contributed by atoms with E-state index < -0.39 is 0 Å². The van der Waals surface area contributed by atoms with E-state index in [9.17, 15) is 4.79 Å². The van der Waals surface area contributed by atoms with Crippen LogP contribution in [-0.2, 0) is 6.54 Å². The maximum Gasteiger partial charge on any atom is 0.270 e. The summed E-state index contributed by atoms with van der Waals surface area (Å²) in [5.74, 6) is -0.0992. The number of nitrogens with two attached hydrogens (primary N) is 1. The van der Waals surface area contributed by atoms with Gasteiger partial charge in [0, 0.05) is 5.69 Å². The molecule has 0 bridgehead atoms. The van der Waals surface area contributed by atoms with E-state index in [1.54, 1.807) is 13.0 Å². The van der Waals surface area contributed by atoms with Gasteiger partial charge in [0.25, 0.3) is 5.91 Å². The second-order valence-corrected chi connectivity index (χ2v) is 4.67. The molecule has 8 heteroatoms. The van der Waals surface area contributed by atoms with Crippen LogP contribution in [0.4, 0.5) is 5.95 Å². The fourth-order valence-corrected chi connectivity index (χ4v) is 1.56. The zero-order valence-corrected chi connectivity index (χ0v) is 11.5. The molecule has 20 heavy (non-hydrogen) atoms. The van der Waals surface area contributed by atoms with Crippen molar-refractivity contribution in [3.05, 3.63) is 28.8 Å². The predicted octanol–water partition coefficient (Wildman–Crippen LogP) is 0.804. The number of carbonyl (C=O) groups excluding carboxylic acids is 1. The Hall–Kier alpha value is -2.51. The molecule has 0 saturated carbocycles. The summed E-state index contributed by atoms with van der Waals surface area (Å²) in [6.45, 7) is 5.90. The molecule has 3 N–H and O–H groups in total. The predicted molar refractivity (Wildman–Crippen MR) is 70.7 cm³/mol. The minimum absolute atomic E-state index is 0.0839. The van der Waals surface area contributed by atoms with Crippen molar-refractivity contribution in [2.75, 3.05) is 5.73 Å². The Morgan fingerprint density at radius 2 is 2.15 bits per heavy atom. The number of hydrogen-bond donors (Lipinski definition) is 2. The maximum absolute atomic E-state index is 12.0. The van der Waals surface area contributed by atoms with Gasteiger partial charge < -0.3 is 11.1 Å². The van der Waals surface area contributed by atoms with Crippen LogP contribution in [0.2, 0.25) is 0 Å². The minimum atomic E-state index is -0.344. The molecule has 0 aromatic carbocycles. The van der Waals surface area contributed by atoms with Gasteiger partial charge in [-0.2, -0.15) is 0 Å². The van der Waals surface area contributed by atoms with E-state index in [-0.39, 0.29) is 30.0 Å². The molecule has 0 aliphatic rings. The quantitative estimate of drug-likeness (QED) is 0.847. The largest absolute Gasteiger partial charge is 0.368 e. The number of nitrogens with one attached hydrogen (secondary N) is 1. The lowest BCUT2D eigenvalue weighted by Crippen LogP contribution is -2.25. The van der Waals surface area contributed by atoms with Gasteiger partial charge in [0.05, 0.1) is 6.54 Å². The van der Waals surface area contributed by atoms with E-state index in [1.165, 1.54) is 0 Å². The SMILES string of the molecule is Cc1nonc1CNC(=O)c1cc(C(C)C)nc(N)n1. The van der Waals surface area contributed by atoms with Gasteiger partial charge in [-0.25, -0.2) is 14.6 Å². The molecule has 0 spiro atoms. The highest BCUT2D eigenvalue weighted by Gasteiger charge is 2.14. The lowest BCUT2D eigenvalue weighted by molar-refractivity contribution is 0.0945. The molecule has 0 atom stereocenters. The van der Waals surface area contributed by atoms with Gasteiger partial charge in [-0.15, -0.1) is 0 Å². The van der Waals surface area contributed by atoms with Crippen molar-refractivity contribution in [2.24, 2.45) is 0 Å². The fourth-order valence-electron chi connectivity index (χ4n) is 1.56. The number of aromatic nitrogens is 4. The molecule has 106 valence electrons. The fraction of sp³-hybridized carbons (Fsp3) is 0.417. The van der Waals surface area contributed by atoms with Crippen molar-refractivity contribution in [1.29, 1.82) is 0 Å². The third-order valence-electron chi connectivity index (χ3n) is 2.75. The highest BCUT2D eigenvalue weighted by molar-refractivity contribution is 5.92. The zero-order valence-electron chi connectivity index (χ0n) is 11.5. The molecule has 0 aliphatic heterocycles. The number of rotatable bonds is 4. The van der Waals surface area contributed by atoms with E-state index in [0.29, 0.717) is 11.4 Å². The second-order valence-electron chi connectivity index (χ2n) is 4.67. The Morgan fingerprint density at radius 1 is 1.40 bits per heavy atom. The molecule has 1 amide bonds. The van der Waals surface area contributed by atoms with Gasteiger partial charge in [0.2, 0.25) is 5.95 Å². The van der Waals surface area contributed by atoms with Crippen LogP contribution in [0.25, 0.3) is 0 Å². The van der Waals surface area contributed by atoms with E-state index in [1.807, 2.05) is 13.8 Å². The summed E-state index contributed by atoms with van der Waals surface area (Å²) in [5, 5.41) is 10.0. The number of amides is 1. The minimum Gasteiger partial charge on any atom is -0.368 e. The summed E-state index contributed by atoms with van der Waals surface area (Å²) in [4.78, 5) is 20.1. The van der Waals surface area contributed by atoms with Crippen molar-refractivity contribution in [2.45, 2.75) is 33.2 Å². The summed E-state index contributed by atoms with van der Waals surface area (Å²) in [7, 11) is 0. The summed E-state index contributed by atoms with van der Waals surface area (Å²) in [6, 6.07) is 1.63. The number of anilines is 1. The van der Waals surface area contributed by atoms with Crippen LogP contribution >= 0.6 is 0 Å². The standard InChI is InChI=1S/C12H16N6O2/c1-6(2)8-4-9(16-12(13)15-8)11(19)14-5-10-7(3)17-20-18-10/h4,6H,5H2,1-3H3,(H,14,19)(H2,13,15,16). The van der Waals surface area contributed by atoms with Crippen molar-refractivity contribution in [1.82, 2.24) is 25.6 Å². The monoisotopic (exact) mass is 276 g/mol. The molecule has 2 aromatic heterocycles. The molecule has 0 radical (unpaired) electrons.